The number of aryl methyl sites for hydroxylation is 1. The molecule has 0 saturated heterocycles. The second-order valence-corrected chi connectivity index (χ2v) is 8.89. The van der Waals surface area contributed by atoms with Crippen molar-refractivity contribution in [2.45, 2.75) is 33.4 Å². The van der Waals surface area contributed by atoms with Crippen LogP contribution in [0.15, 0.2) is 83.0 Å². The number of ether oxygens (including phenoxy) is 1. The van der Waals surface area contributed by atoms with Gasteiger partial charge >= 0.3 is 6.03 Å². The van der Waals surface area contributed by atoms with Crippen LogP contribution in [0.1, 0.15) is 42.5 Å². The Balaban J connectivity index is 1.55. The number of allylic oxidation sites excluding steroid dienone is 1. The van der Waals surface area contributed by atoms with Gasteiger partial charge in [-0.3, -0.25) is 4.90 Å². The summed E-state index contributed by atoms with van der Waals surface area (Å²) < 4.78 is 24.7. The first kappa shape index (κ1) is 24.2. The van der Waals surface area contributed by atoms with Crippen molar-refractivity contribution in [3.05, 3.63) is 107 Å². The Morgan fingerprint density at radius 2 is 1.70 bits per heavy atom. The molecule has 1 unspecified atom stereocenters. The molecule has 1 atom stereocenters. The highest BCUT2D eigenvalue weighted by Gasteiger charge is 2.35. The number of carbonyl (C=O) groups excluding carboxylic acids is 1. The predicted octanol–water partition coefficient (Wildman–Crippen LogP) is 6.28. The van der Waals surface area contributed by atoms with Gasteiger partial charge < -0.3 is 14.6 Å². The summed E-state index contributed by atoms with van der Waals surface area (Å²) >= 11 is 0. The Morgan fingerprint density at radius 1 is 1.00 bits per heavy atom. The van der Waals surface area contributed by atoms with E-state index >= 15 is 0 Å². The van der Waals surface area contributed by atoms with Crippen molar-refractivity contribution in [1.29, 1.82) is 0 Å². The number of rotatable bonds is 7. The van der Waals surface area contributed by atoms with Crippen molar-refractivity contribution in [1.82, 2.24) is 20.4 Å². The number of amides is 2. The van der Waals surface area contributed by atoms with Crippen molar-refractivity contribution in [2.75, 3.05) is 6.61 Å². The number of hydrogen-bond donors (Lipinski definition) is 1. The van der Waals surface area contributed by atoms with E-state index in [1.807, 2.05) is 69.3 Å². The minimum Gasteiger partial charge on any atom is -0.494 e. The lowest BCUT2D eigenvalue weighted by atomic mass is 9.94. The molecule has 3 aromatic carbocycles. The molecule has 1 aromatic heterocycles. The fourth-order valence-corrected chi connectivity index (χ4v) is 4.35. The maximum atomic E-state index is 13.4. The quantitative estimate of drug-likeness (QED) is 0.324. The van der Waals surface area contributed by atoms with Crippen LogP contribution < -0.4 is 10.1 Å². The second kappa shape index (κ2) is 10.3. The van der Waals surface area contributed by atoms with E-state index in [1.54, 1.807) is 17.0 Å². The number of urea groups is 1. The Hall–Kier alpha value is -4.46. The molecule has 37 heavy (non-hydrogen) atoms. The normalized spacial score (nSPS) is 15.6. The van der Waals surface area contributed by atoms with Gasteiger partial charge in [-0.15, -0.1) is 0 Å². The number of nitrogens with zero attached hydrogens (tertiary/aromatic N) is 3. The van der Waals surface area contributed by atoms with Gasteiger partial charge in [0.05, 0.1) is 24.8 Å². The minimum absolute atomic E-state index is 0.262. The summed E-state index contributed by atoms with van der Waals surface area (Å²) in [6.07, 6.45) is 0. The van der Waals surface area contributed by atoms with Gasteiger partial charge in [0.1, 0.15) is 11.6 Å². The van der Waals surface area contributed by atoms with Crippen molar-refractivity contribution in [2.24, 2.45) is 0 Å². The summed E-state index contributed by atoms with van der Waals surface area (Å²) in [7, 11) is 0. The Labute approximate surface area is 214 Å². The lowest BCUT2D eigenvalue weighted by Crippen LogP contribution is -2.45. The number of carbonyl (C=O) groups is 1. The van der Waals surface area contributed by atoms with E-state index in [2.05, 4.69) is 10.5 Å². The summed E-state index contributed by atoms with van der Waals surface area (Å²) in [6, 6.07) is 20.8. The summed E-state index contributed by atoms with van der Waals surface area (Å²) in [5, 5.41) is 7.31. The smallest absolute Gasteiger partial charge is 0.322 e. The topological polar surface area (TPSA) is 80.5 Å². The molecule has 0 aliphatic carbocycles. The van der Waals surface area contributed by atoms with Crippen LogP contribution in [0.25, 0.3) is 17.0 Å². The molecule has 2 amide bonds. The number of nitrogens with one attached hydrogen (secondary N) is 1. The molecule has 0 spiro atoms. The highest BCUT2D eigenvalue weighted by Crippen LogP contribution is 2.38. The molecule has 1 aliphatic heterocycles. The highest BCUT2D eigenvalue weighted by atomic mass is 19.1. The zero-order valence-corrected chi connectivity index (χ0v) is 20.9. The van der Waals surface area contributed by atoms with Gasteiger partial charge in [0.2, 0.25) is 5.82 Å². The van der Waals surface area contributed by atoms with E-state index in [0.717, 1.165) is 28.0 Å². The van der Waals surface area contributed by atoms with Crippen LogP contribution in [0.5, 0.6) is 5.75 Å². The third-order valence-electron chi connectivity index (χ3n) is 6.34. The van der Waals surface area contributed by atoms with Crippen molar-refractivity contribution in [3.63, 3.8) is 0 Å². The maximum Gasteiger partial charge on any atom is 0.322 e. The maximum absolute atomic E-state index is 13.4. The molecule has 0 fully saturated rings. The van der Waals surface area contributed by atoms with Gasteiger partial charge in [-0.25, -0.2) is 9.18 Å². The molecule has 0 radical (unpaired) electrons. The summed E-state index contributed by atoms with van der Waals surface area (Å²) in [5.74, 6) is 1.19. The van der Waals surface area contributed by atoms with E-state index < -0.39 is 6.04 Å². The largest absolute Gasteiger partial charge is 0.494 e. The zero-order chi connectivity index (χ0) is 25.9. The fourth-order valence-electron chi connectivity index (χ4n) is 4.35. The average Bonchev–Trinajstić information content (AvgIpc) is 3.38. The van der Waals surface area contributed by atoms with Crippen molar-refractivity contribution < 1.29 is 18.4 Å². The van der Waals surface area contributed by atoms with Gasteiger partial charge in [-0.2, -0.15) is 4.98 Å². The van der Waals surface area contributed by atoms with Gasteiger partial charge in [0.25, 0.3) is 5.89 Å². The Morgan fingerprint density at radius 3 is 2.38 bits per heavy atom. The third kappa shape index (κ3) is 5.09. The lowest BCUT2D eigenvalue weighted by Gasteiger charge is -2.35. The standard InChI is InChI=1S/C29H27FN4O3/c1-4-36-24-15-11-22(12-16-24)27-32-28(37-33-27)25-19(3)34(17-20-7-13-23(30)14-8-20)29(35)31-26(25)21-9-5-18(2)6-10-21/h5-16,26H,4,17H2,1-3H3,(H,31,35). The molecule has 8 heteroatoms. The Kier molecular flexibility index (Phi) is 6.72. The molecule has 0 bridgehead atoms. The van der Waals surface area contributed by atoms with E-state index in [1.165, 1.54) is 12.1 Å². The number of benzene rings is 3. The minimum atomic E-state index is -0.480. The van der Waals surface area contributed by atoms with Gasteiger partial charge in [0, 0.05) is 11.3 Å². The number of halogens is 1. The third-order valence-corrected chi connectivity index (χ3v) is 6.34. The van der Waals surface area contributed by atoms with Gasteiger partial charge in [-0.05, 0) is 68.3 Å². The van der Waals surface area contributed by atoms with Crippen molar-refractivity contribution >= 4 is 11.6 Å². The molecule has 1 aliphatic rings. The fraction of sp³-hybridized carbons (Fsp3) is 0.207. The van der Waals surface area contributed by atoms with Crippen LogP contribution in [0.2, 0.25) is 0 Å². The molecule has 188 valence electrons. The number of hydrogen-bond acceptors (Lipinski definition) is 5. The van der Waals surface area contributed by atoms with Crippen LogP contribution in [0, 0.1) is 12.7 Å². The monoisotopic (exact) mass is 498 g/mol. The summed E-state index contributed by atoms with van der Waals surface area (Å²) in [4.78, 5) is 19.5. The average molecular weight is 499 g/mol. The summed E-state index contributed by atoms with van der Waals surface area (Å²) in [6.45, 7) is 6.65. The number of aromatic nitrogens is 2. The molecule has 5 rings (SSSR count). The van der Waals surface area contributed by atoms with Crippen LogP contribution in [0.4, 0.5) is 9.18 Å². The summed E-state index contributed by atoms with van der Waals surface area (Å²) in [5.41, 5.74) is 4.98. The highest BCUT2D eigenvalue weighted by molar-refractivity contribution is 5.86. The molecular weight excluding hydrogens is 471 g/mol. The van der Waals surface area contributed by atoms with Crippen molar-refractivity contribution in [3.8, 4) is 17.1 Å². The molecule has 2 heterocycles. The van der Waals surface area contributed by atoms with Crippen LogP contribution in [0.3, 0.4) is 0 Å². The first-order valence-corrected chi connectivity index (χ1v) is 12.1. The van der Waals surface area contributed by atoms with Crippen LogP contribution in [-0.2, 0) is 6.54 Å². The zero-order valence-electron chi connectivity index (χ0n) is 20.9. The SMILES string of the molecule is CCOc1ccc(-c2noc(C3=C(C)N(Cc4ccc(F)cc4)C(=O)NC3c3ccc(C)cc3)n2)cc1. The van der Waals surface area contributed by atoms with Crippen LogP contribution >= 0.6 is 0 Å². The van der Waals surface area contributed by atoms with E-state index in [0.29, 0.717) is 29.6 Å². The van der Waals surface area contributed by atoms with Crippen LogP contribution in [-0.4, -0.2) is 27.7 Å². The molecule has 7 nitrogen and oxygen atoms in total. The molecular formula is C29H27FN4O3. The molecule has 4 aromatic rings. The second-order valence-electron chi connectivity index (χ2n) is 8.89. The lowest BCUT2D eigenvalue weighted by molar-refractivity contribution is 0.203. The molecule has 0 saturated carbocycles. The van der Waals surface area contributed by atoms with E-state index in [4.69, 9.17) is 14.2 Å². The Bertz CT molecular complexity index is 1430. The first-order chi connectivity index (χ1) is 17.9. The van der Waals surface area contributed by atoms with Gasteiger partial charge in [-0.1, -0.05) is 47.1 Å². The molecule has 1 N–H and O–H groups in total. The van der Waals surface area contributed by atoms with E-state index in [9.17, 15) is 9.18 Å². The predicted molar refractivity (Wildman–Crippen MR) is 138 cm³/mol. The van der Waals surface area contributed by atoms with Gasteiger partial charge in [0.15, 0.2) is 0 Å². The van der Waals surface area contributed by atoms with E-state index in [-0.39, 0.29) is 18.4 Å². The first-order valence-electron chi connectivity index (χ1n) is 12.1.